The molecule has 1 aliphatic rings. The van der Waals surface area contributed by atoms with Gasteiger partial charge in [-0.1, -0.05) is 12.1 Å². The molecule has 0 bridgehead atoms. The van der Waals surface area contributed by atoms with Crippen molar-refractivity contribution in [3.8, 4) is 0 Å². The molecule has 0 saturated carbocycles. The monoisotopic (exact) mass is 333 g/mol. The number of nitrogens with zero attached hydrogens (tertiary/aromatic N) is 3. The first-order chi connectivity index (χ1) is 11.2. The van der Waals surface area contributed by atoms with Crippen LogP contribution in [0, 0.1) is 0 Å². The Hall–Kier alpha value is -1.79. The van der Waals surface area contributed by atoms with E-state index >= 15 is 0 Å². The number of hydrogen-bond acceptors (Lipinski definition) is 3. The third-order valence-electron chi connectivity index (χ3n) is 4.50. The van der Waals surface area contributed by atoms with E-state index in [4.69, 9.17) is 0 Å². The van der Waals surface area contributed by atoms with Gasteiger partial charge in [0.1, 0.15) is 5.82 Å². The Morgan fingerprint density at radius 1 is 1.26 bits per heavy atom. The minimum atomic E-state index is -2.57. The lowest BCUT2D eigenvalue weighted by atomic mass is 10.1. The van der Waals surface area contributed by atoms with Crippen LogP contribution in [0.25, 0.3) is 11.0 Å². The summed E-state index contributed by atoms with van der Waals surface area (Å²) in [5, 5.41) is 4.22. The van der Waals surface area contributed by atoms with Crippen LogP contribution in [-0.4, -0.2) is 21.0 Å². The largest absolute Gasteiger partial charge is 0.320 e. The Balaban J connectivity index is 1.68. The Morgan fingerprint density at radius 3 is 2.91 bits per heavy atom. The van der Waals surface area contributed by atoms with Gasteiger partial charge in [0.25, 0.3) is 0 Å². The van der Waals surface area contributed by atoms with Gasteiger partial charge in [0.15, 0.2) is 0 Å². The summed E-state index contributed by atoms with van der Waals surface area (Å²) in [6.07, 6.45) is 2.17. The number of thiophene rings is 1. The lowest BCUT2D eigenvalue weighted by Crippen LogP contribution is -2.24. The van der Waals surface area contributed by atoms with E-state index in [1.54, 1.807) is 29.5 Å². The van der Waals surface area contributed by atoms with Crippen molar-refractivity contribution in [1.29, 1.82) is 0 Å². The van der Waals surface area contributed by atoms with Crippen LogP contribution in [0.2, 0.25) is 0 Å². The molecular formula is C17H17F2N3S. The van der Waals surface area contributed by atoms with Gasteiger partial charge in [0, 0.05) is 6.04 Å². The van der Waals surface area contributed by atoms with E-state index < -0.39 is 6.55 Å². The molecule has 1 saturated heterocycles. The number of imidazole rings is 1. The van der Waals surface area contributed by atoms with Crippen LogP contribution in [0.15, 0.2) is 41.1 Å². The van der Waals surface area contributed by atoms with Gasteiger partial charge in [-0.3, -0.25) is 9.47 Å². The van der Waals surface area contributed by atoms with Crippen LogP contribution in [0.5, 0.6) is 0 Å². The molecule has 3 nitrogen and oxygen atoms in total. The maximum atomic E-state index is 13.5. The zero-order valence-electron chi connectivity index (χ0n) is 12.5. The SMILES string of the molecule is FC(F)n1c(CN2CCCC2c2ccsc2)nc2ccccc21. The number of hydrogen-bond donors (Lipinski definition) is 0. The standard InChI is InChI=1S/C17H17F2N3S/c18-17(19)22-15-5-2-1-4-13(15)20-16(22)10-21-8-3-6-14(21)12-7-9-23-11-12/h1-2,4-5,7,9,11,14,17H,3,6,8,10H2. The highest BCUT2D eigenvalue weighted by molar-refractivity contribution is 7.07. The first-order valence-corrected chi connectivity index (χ1v) is 8.68. The van der Waals surface area contributed by atoms with Crippen molar-refractivity contribution in [3.63, 3.8) is 0 Å². The fraction of sp³-hybridized carbons (Fsp3) is 0.353. The van der Waals surface area contributed by atoms with Crippen molar-refractivity contribution in [3.05, 3.63) is 52.5 Å². The Kier molecular flexibility index (Phi) is 3.87. The van der Waals surface area contributed by atoms with Gasteiger partial charge in [-0.15, -0.1) is 0 Å². The number of alkyl halides is 2. The molecule has 1 unspecified atom stereocenters. The van der Waals surface area contributed by atoms with Crippen molar-refractivity contribution in [1.82, 2.24) is 14.5 Å². The average Bonchev–Trinajstić information content (AvgIpc) is 3.25. The van der Waals surface area contributed by atoms with E-state index in [0.29, 0.717) is 29.4 Å². The Bertz CT molecular complexity index is 797. The van der Waals surface area contributed by atoms with Crippen molar-refractivity contribution in [2.75, 3.05) is 6.54 Å². The van der Waals surface area contributed by atoms with E-state index in [0.717, 1.165) is 24.0 Å². The Labute approximate surface area is 137 Å². The number of rotatable bonds is 4. The fourth-order valence-electron chi connectivity index (χ4n) is 3.46. The predicted molar refractivity (Wildman–Crippen MR) is 87.7 cm³/mol. The predicted octanol–water partition coefficient (Wildman–Crippen LogP) is 4.83. The van der Waals surface area contributed by atoms with Gasteiger partial charge in [-0.25, -0.2) is 4.98 Å². The molecule has 23 heavy (non-hydrogen) atoms. The summed E-state index contributed by atoms with van der Waals surface area (Å²) in [4.78, 5) is 6.72. The molecule has 1 fully saturated rings. The average molecular weight is 333 g/mol. The number of para-hydroxylation sites is 2. The molecule has 0 spiro atoms. The maximum absolute atomic E-state index is 13.5. The summed E-state index contributed by atoms with van der Waals surface area (Å²) < 4.78 is 28.2. The summed E-state index contributed by atoms with van der Waals surface area (Å²) in [7, 11) is 0. The molecule has 4 rings (SSSR count). The number of benzene rings is 1. The maximum Gasteiger partial charge on any atom is 0.320 e. The molecule has 0 aliphatic carbocycles. The lowest BCUT2D eigenvalue weighted by molar-refractivity contribution is 0.0679. The van der Waals surface area contributed by atoms with Crippen molar-refractivity contribution in [2.24, 2.45) is 0 Å². The number of halogens is 2. The molecule has 0 radical (unpaired) electrons. The van der Waals surface area contributed by atoms with Crippen LogP contribution in [0.3, 0.4) is 0 Å². The highest BCUT2D eigenvalue weighted by Crippen LogP contribution is 2.35. The van der Waals surface area contributed by atoms with E-state index in [9.17, 15) is 8.78 Å². The summed E-state index contributed by atoms with van der Waals surface area (Å²) in [5.41, 5.74) is 2.42. The minimum absolute atomic E-state index is 0.312. The molecule has 0 amide bonds. The summed E-state index contributed by atoms with van der Waals surface area (Å²) in [5.74, 6) is 0.448. The van der Waals surface area contributed by atoms with Gasteiger partial charge in [-0.2, -0.15) is 20.1 Å². The first kappa shape index (κ1) is 14.8. The molecule has 1 atom stereocenters. The van der Waals surface area contributed by atoms with Crippen molar-refractivity contribution in [2.45, 2.75) is 32.0 Å². The second-order valence-electron chi connectivity index (χ2n) is 5.85. The number of aromatic nitrogens is 2. The topological polar surface area (TPSA) is 21.1 Å². The zero-order valence-corrected chi connectivity index (χ0v) is 13.3. The van der Waals surface area contributed by atoms with Gasteiger partial charge >= 0.3 is 6.55 Å². The highest BCUT2D eigenvalue weighted by atomic mass is 32.1. The first-order valence-electron chi connectivity index (χ1n) is 7.74. The van der Waals surface area contributed by atoms with Crippen molar-refractivity contribution >= 4 is 22.4 Å². The van der Waals surface area contributed by atoms with Gasteiger partial charge in [-0.05, 0) is 53.9 Å². The molecular weight excluding hydrogens is 316 g/mol. The second-order valence-corrected chi connectivity index (χ2v) is 6.63. The quantitative estimate of drug-likeness (QED) is 0.682. The van der Waals surface area contributed by atoms with E-state index in [2.05, 4.69) is 26.7 Å². The second kappa shape index (κ2) is 6.02. The highest BCUT2D eigenvalue weighted by Gasteiger charge is 2.28. The summed E-state index contributed by atoms with van der Waals surface area (Å²) >= 11 is 1.68. The van der Waals surface area contributed by atoms with E-state index in [1.807, 2.05) is 6.07 Å². The van der Waals surface area contributed by atoms with Gasteiger partial charge in [0.2, 0.25) is 0 Å². The van der Waals surface area contributed by atoms with Crippen molar-refractivity contribution < 1.29 is 8.78 Å². The fourth-order valence-corrected chi connectivity index (χ4v) is 4.17. The normalized spacial score (nSPS) is 19.2. The zero-order chi connectivity index (χ0) is 15.8. The van der Waals surface area contributed by atoms with E-state index in [1.165, 1.54) is 5.56 Å². The molecule has 3 heterocycles. The molecule has 1 aliphatic heterocycles. The molecule has 6 heteroatoms. The molecule has 0 N–H and O–H groups in total. The molecule has 1 aromatic carbocycles. The lowest BCUT2D eigenvalue weighted by Gasteiger charge is -2.23. The molecule has 3 aromatic rings. The molecule has 120 valence electrons. The van der Waals surface area contributed by atoms with Crippen LogP contribution in [-0.2, 0) is 6.54 Å². The number of fused-ring (bicyclic) bond motifs is 1. The van der Waals surface area contributed by atoms with Crippen LogP contribution in [0.4, 0.5) is 8.78 Å². The van der Waals surface area contributed by atoms with Gasteiger partial charge in [0.05, 0.1) is 17.6 Å². The van der Waals surface area contributed by atoms with Crippen LogP contribution >= 0.6 is 11.3 Å². The van der Waals surface area contributed by atoms with Crippen LogP contribution < -0.4 is 0 Å². The molecule has 2 aromatic heterocycles. The van der Waals surface area contributed by atoms with Gasteiger partial charge < -0.3 is 0 Å². The number of likely N-dealkylation sites (tertiary alicyclic amines) is 1. The Morgan fingerprint density at radius 2 is 2.13 bits per heavy atom. The van der Waals surface area contributed by atoms with E-state index in [-0.39, 0.29) is 0 Å². The van der Waals surface area contributed by atoms with Crippen LogP contribution in [0.1, 0.15) is 36.8 Å². The minimum Gasteiger partial charge on any atom is -0.289 e. The summed E-state index contributed by atoms with van der Waals surface area (Å²) in [6.45, 7) is -1.19. The third-order valence-corrected chi connectivity index (χ3v) is 5.20. The smallest absolute Gasteiger partial charge is 0.289 e. The summed E-state index contributed by atoms with van der Waals surface area (Å²) in [6, 6.07) is 9.54. The third kappa shape index (κ3) is 2.66.